The lowest BCUT2D eigenvalue weighted by atomic mass is 10.0. The van der Waals surface area contributed by atoms with Gasteiger partial charge in [0.15, 0.2) is 0 Å². The summed E-state index contributed by atoms with van der Waals surface area (Å²) in [6.45, 7) is 0. The van der Waals surface area contributed by atoms with E-state index in [1.165, 1.54) is 30.3 Å². The van der Waals surface area contributed by atoms with E-state index in [1.54, 1.807) is 12.1 Å². The van der Waals surface area contributed by atoms with Crippen molar-refractivity contribution in [3.05, 3.63) is 99.4 Å². The van der Waals surface area contributed by atoms with Crippen LogP contribution < -0.4 is 10.7 Å². The molecule has 0 saturated carbocycles. The number of hydrogen-bond donors (Lipinski definition) is 1. The Kier molecular flexibility index (Phi) is 5.14. The normalized spacial score (nSPS) is 10.8. The number of amides is 1. The molecule has 0 fully saturated rings. The second-order valence-electron chi connectivity index (χ2n) is 6.49. The molecule has 1 N–H and O–H groups in total. The maximum absolute atomic E-state index is 13.4. The zero-order valence-electron chi connectivity index (χ0n) is 15.1. The van der Waals surface area contributed by atoms with Crippen LogP contribution >= 0.6 is 11.6 Å². The number of hydrogen-bond acceptors (Lipinski definition) is 3. The first kappa shape index (κ1) is 18.9. The van der Waals surface area contributed by atoms with Crippen molar-refractivity contribution in [3.8, 4) is 11.1 Å². The van der Waals surface area contributed by atoms with E-state index in [0.717, 1.165) is 5.56 Å². The molecule has 1 amide bonds. The summed E-state index contributed by atoms with van der Waals surface area (Å²) in [5.41, 5.74) is 1.32. The molecule has 29 heavy (non-hydrogen) atoms. The Hall–Kier alpha value is -3.44. The number of carbonyl (C=O) groups is 1. The predicted octanol–water partition coefficient (Wildman–Crippen LogP) is 5.43. The lowest BCUT2D eigenvalue weighted by molar-refractivity contribution is -0.115. The van der Waals surface area contributed by atoms with Crippen molar-refractivity contribution in [2.24, 2.45) is 0 Å². The molecule has 1 heterocycles. The summed E-state index contributed by atoms with van der Waals surface area (Å²) in [6, 6.07) is 19.3. The Balaban J connectivity index is 1.82. The van der Waals surface area contributed by atoms with Gasteiger partial charge in [-0.05, 0) is 41.5 Å². The highest BCUT2D eigenvalue weighted by Gasteiger charge is 2.19. The molecule has 4 aromatic rings. The molecular formula is C23H15ClFNO3. The third-order valence-corrected chi connectivity index (χ3v) is 4.68. The van der Waals surface area contributed by atoms with Crippen LogP contribution in [-0.4, -0.2) is 5.91 Å². The van der Waals surface area contributed by atoms with Crippen LogP contribution in [0.25, 0.3) is 22.1 Å². The Bertz CT molecular complexity index is 1250. The van der Waals surface area contributed by atoms with E-state index in [4.69, 9.17) is 16.0 Å². The van der Waals surface area contributed by atoms with Gasteiger partial charge in [-0.2, -0.15) is 0 Å². The highest BCUT2D eigenvalue weighted by molar-refractivity contribution is 6.31. The van der Waals surface area contributed by atoms with Crippen molar-refractivity contribution in [2.75, 3.05) is 5.32 Å². The molecule has 0 radical (unpaired) electrons. The summed E-state index contributed by atoms with van der Waals surface area (Å²) in [4.78, 5) is 25.7. The molecule has 144 valence electrons. The first-order chi connectivity index (χ1) is 14.0. The van der Waals surface area contributed by atoms with Crippen LogP contribution in [0, 0.1) is 5.82 Å². The smallest absolute Gasteiger partial charge is 0.231 e. The fourth-order valence-corrected chi connectivity index (χ4v) is 3.26. The summed E-state index contributed by atoms with van der Waals surface area (Å²) in [5, 5.41) is 3.35. The molecule has 0 atom stereocenters. The molecule has 0 aliphatic heterocycles. The summed E-state index contributed by atoms with van der Waals surface area (Å²) < 4.78 is 19.2. The van der Waals surface area contributed by atoms with Gasteiger partial charge in [-0.15, -0.1) is 0 Å². The second kappa shape index (κ2) is 7.89. The van der Waals surface area contributed by atoms with Crippen LogP contribution in [0.5, 0.6) is 0 Å². The molecule has 0 saturated heterocycles. The Morgan fingerprint density at radius 3 is 2.45 bits per heavy atom. The number of carbonyl (C=O) groups excluding carboxylic acids is 1. The van der Waals surface area contributed by atoms with E-state index < -0.39 is 5.82 Å². The van der Waals surface area contributed by atoms with Gasteiger partial charge in [-0.1, -0.05) is 54.1 Å². The summed E-state index contributed by atoms with van der Waals surface area (Å²) in [6.07, 6.45) is 0.117. The van der Waals surface area contributed by atoms with Crippen LogP contribution in [0.3, 0.4) is 0 Å². The number of rotatable bonds is 4. The minimum absolute atomic E-state index is 0.0114. The van der Waals surface area contributed by atoms with Crippen LogP contribution in [0.2, 0.25) is 5.02 Å². The third kappa shape index (κ3) is 4.05. The van der Waals surface area contributed by atoms with Crippen LogP contribution in [0.4, 0.5) is 10.3 Å². The molecule has 4 rings (SSSR count). The molecule has 0 aliphatic carbocycles. The van der Waals surface area contributed by atoms with E-state index in [1.807, 2.05) is 30.3 Å². The topological polar surface area (TPSA) is 59.3 Å². The average Bonchev–Trinajstić information content (AvgIpc) is 2.71. The summed E-state index contributed by atoms with van der Waals surface area (Å²) in [5.74, 6) is -0.759. The van der Waals surface area contributed by atoms with Crippen molar-refractivity contribution in [1.29, 1.82) is 0 Å². The highest BCUT2D eigenvalue weighted by atomic mass is 35.5. The van der Waals surface area contributed by atoms with Crippen molar-refractivity contribution in [3.63, 3.8) is 0 Å². The van der Waals surface area contributed by atoms with Gasteiger partial charge in [0, 0.05) is 5.02 Å². The number of anilines is 1. The van der Waals surface area contributed by atoms with Crippen molar-refractivity contribution in [1.82, 2.24) is 0 Å². The molecule has 4 nitrogen and oxygen atoms in total. The van der Waals surface area contributed by atoms with Crippen LogP contribution in [-0.2, 0) is 11.2 Å². The summed E-state index contributed by atoms with van der Waals surface area (Å²) >= 11 is 6.02. The SMILES string of the molecule is O=C(Cc1ccccc1)Nc1oc2ccc(Cl)cc2c(=O)c1-c1ccc(F)cc1. The molecule has 6 heteroatoms. The lowest BCUT2D eigenvalue weighted by Gasteiger charge is -2.12. The van der Waals surface area contributed by atoms with E-state index in [2.05, 4.69) is 5.32 Å². The van der Waals surface area contributed by atoms with Gasteiger partial charge >= 0.3 is 0 Å². The van der Waals surface area contributed by atoms with E-state index in [-0.39, 0.29) is 34.6 Å². The van der Waals surface area contributed by atoms with Gasteiger partial charge in [-0.3, -0.25) is 14.9 Å². The maximum atomic E-state index is 13.4. The quantitative estimate of drug-likeness (QED) is 0.490. The molecule has 3 aromatic carbocycles. The minimum Gasteiger partial charge on any atom is -0.439 e. The number of halogens is 2. The standard InChI is InChI=1S/C23H15ClFNO3/c24-16-8-11-19-18(13-16)22(28)21(15-6-9-17(25)10-7-15)23(29-19)26-20(27)12-14-4-2-1-3-5-14/h1-11,13H,12H2,(H,26,27). The fourth-order valence-electron chi connectivity index (χ4n) is 3.09. The lowest BCUT2D eigenvalue weighted by Crippen LogP contribution is -2.18. The van der Waals surface area contributed by atoms with Crippen molar-refractivity contribution < 1.29 is 13.6 Å². The van der Waals surface area contributed by atoms with Crippen LogP contribution in [0.1, 0.15) is 5.56 Å². The predicted molar refractivity (Wildman–Crippen MR) is 112 cm³/mol. The van der Waals surface area contributed by atoms with Gasteiger partial charge in [-0.25, -0.2) is 4.39 Å². The fraction of sp³-hybridized carbons (Fsp3) is 0.0435. The van der Waals surface area contributed by atoms with Gasteiger partial charge < -0.3 is 4.42 Å². The van der Waals surface area contributed by atoms with E-state index >= 15 is 0 Å². The third-order valence-electron chi connectivity index (χ3n) is 4.45. The molecular weight excluding hydrogens is 393 g/mol. The van der Waals surface area contributed by atoms with Crippen molar-refractivity contribution in [2.45, 2.75) is 6.42 Å². The second-order valence-corrected chi connectivity index (χ2v) is 6.93. The minimum atomic E-state index is -0.434. The molecule has 0 unspecified atom stereocenters. The zero-order valence-corrected chi connectivity index (χ0v) is 15.9. The molecule has 0 spiro atoms. The molecule has 0 bridgehead atoms. The maximum Gasteiger partial charge on any atom is 0.231 e. The number of nitrogens with one attached hydrogen (secondary N) is 1. The van der Waals surface area contributed by atoms with Crippen LogP contribution in [0.15, 0.2) is 82.0 Å². The number of benzene rings is 3. The van der Waals surface area contributed by atoms with Gasteiger partial charge in [0.1, 0.15) is 11.4 Å². The largest absolute Gasteiger partial charge is 0.439 e. The van der Waals surface area contributed by atoms with Crippen molar-refractivity contribution >= 4 is 34.4 Å². The first-order valence-corrected chi connectivity index (χ1v) is 9.25. The monoisotopic (exact) mass is 407 g/mol. The van der Waals surface area contributed by atoms with Gasteiger partial charge in [0.2, 0.25) is 17.2 Å². The summed E-state index contributed by atoms with van der Waals surface area (Å²) in [7, 11) is 0. The van der Waals surface area contributed by atoms with Gasteiger partial charge in [0.05, 0.1) is 17.4 Å². The zero-order chi connectivity index (χ0) is 20.4. The Morgan fingerprint density at radius 2 is 1.72 bits per heavy atom. The Morgan fingerprint density at radius 1 is 1.00 bits per heavy atom. The molecule has 1 aromatic heterocycles. The first-order valence-electron chi connectivity index (χ1n) is 8.87. The number of fused-ring (bicyclic) bond motifs is 1. The Labute approximate surface area is 170 Å². The molecule has 0 aliphatic rings. The van der Waals surface area contributed by atoms with E-state index in [9.17, 15) is 14.0 Å². The van der Waals surface area contributed by atoms with Gasteiger partial charge in [0.25, 0.3) is 0 Å². The van der Waals surface area contributed by atoms with E-state index in [0.29, 0.717) is 16.2 Å². The highest BCUT2D eigenvalue weighted by Crippen LogP contribution is 2.30. The average molecular weight is 408 g/mol.